The van der Waals surface area contributed by atoms with Gasteiger partial charge in [-0.15, -0.1) is 0 Å². The number of aromatic nitrogens is 1. The Morgan fingerprint density at radius 1 is 0.971 bits per heavy atom. The first-order valence-corrected chi connectivity index (χ1v) is 10.3. The second-order valence-electron chi connectivity index (χ2n) is 7.48. The first-order chi connectivity index (χ1) is 16.9. The molecule has 0 fully saturated rings. The molecule has 5 aromatic rings. The van der Waals surface area contributed by atoms with Crippen LogP contribution in [0.2, 0.25) is 0 Å². The fourth-order valence-corrected chi connectivity index (χ4v) is 3.81. The Bertz CT molecular complexity index is 1720. The number of hydrogen-bond donors (Lipinski definition) is 1. The molecule has 2 aromatic heterocycles. The molecule has 0 aliphatic rings. The standard InChI is InChI=1S/C25H16N2O8/c1-33-17-11-12-18-19(13-17)26(14-5-3-2-4-6-14)24(29)20-21(28)23(25(30)35-22(18)20)34-16-9-7-15(8-10-16)27(31)32/h2-13,28H,1H3. The van der Waals surface area contributed by atoms with Crippen molar-refractivity contribution in [3.05, 3.63) is 104 Å². The lowest BCUT2D eigenvalue weighted by Gasteiger charge is -2.15. The van der Waals surface area contributed by atoms with E-state index < -0.39 is 27.6 Å². The number of rotatable bonds is 5. The lowest BCUT2D eigenvalue weighted by atomic mass is 10.1. The molecule has 0 saturated carbocycles. The number of nitro groups is 1. The number of fused-ring (bicyclic) bond motifs is 3. The van der Waals surface area contributed by atoms with Crippen molar-refractivity contribution in [2.24, 2.45) is 0 Å². The molecule has 1 N–H and O–H groups in total. The van der Waals surface area contributed by atoms with Crippen molar-refractivity contribution in [2.45, 2.75) is 0 Å². The summed E-state index contributed by atoms with van der Waals surface area (Å²) in [6, 6.07) is 18.5. The Balaban J connectivity index is 1.80. The van der Waals surface area contributed by atoms with Crippen molar-refractivity contribution in [1.82, 2.24) is 4.57 Å². The van der Waals surface area contributed by atoms with E-state index in [9.17, 15) is 24.8 Å². The van der Waals surface area contributed by atoms with Gasteiger partial charge in [0.2, 0.25) is 0 Å². The number of pyridine rings is 1. The van der Waals surface area contributed by atoms with Crippen LogP contribution in [-0.4, -0.2) is 21.7 Å². The number of ether oxygens (including phenoxy) is 2. The topological polar surface area (TPSA) is 134 Å². The third-order valence-corrected chi connectivity index (χ3v) is 5.45. The summed E-state index contributed by atoms with van der Waals surface area (Å²) in [5.41, 5.74) is -1.05. The van der Waals surface area contributed by atoms with Crippen LogP contribution in [0.3, 0.4) is 0 Å². The zero-order chi connectivity index (χ0) is 24.7. The smallest absolute Gasteiger partial charge is 0.383 e. The van der Waals surface area contributed by atoms with Gasteiger partial charge in [-0.1, -0.05) is 18.2 Å². The predicted octanol–water partition coefficient (Wildman–Crippen LogP) is 4.51. The molecule has 5 rings (SSSR count). The lowest BCUT2D eigenvalue weighted by Crippen LogP contribution is -2.20. The van der Waals surface area contributed by atoms with Crippen molar-refractivity contribution < 1.29 is 23.9 Å². The monoisotopic (exact) mass is 472 g/mol. The van der Waals surface area contributed by atoms with Gasteiger partial charge in [0.25, 0.3) is 17.0 Å². The molecule has 3 aromatic carbocycles. The zero-order valence-electron chi connectivity index (χ0n) is 18.1. The summed E-state index contributed by atoms with van der Waals surface area (Å²) in [7, 11) is 1.49. The molecule has 0 aliphatic heterocycles. The Morgan fingerprint density at radius 3 is 2.31 bits per heavy atom. The number of non-ortho nitro benzene ring substituents is 1. The molecule has 174 valence electrons. The SMILES string of the molecule is COc1ccc2c3oc(=O)c(Oc4ccc([N+](=O)[O-])cc4)c(O)c3c(=O)n(-c3ccccc3)c2c1. The molecule has 0 atom stereocenters. The first kappa shape index (κ1) is 21.7. The number of hydrogen-bond acceptors (Lipinski definition) is 8. The van der Waals surface area contributed by atoms with Crippen molar-refractivity contribution in [1.29, 1.82) is 0 Å². The van der Waals surface area contributed by atoms with Crippen LogP contribution < -0.4 is 20.7 Å². The van der Waals surface area contributed by atoms with Crippen LogP contribution in [0.5, 0.6) is 23.0 Å². The molecule has 0 aliphatic carbocycles. The van der Waals surface area contributed by atoms with Crippen molar-refractivity contribution >= 4 is 27.6 Å². The van der Waals surface area contributed by atoms with Crippen LogP contribution in [0.25, 0.3) is 27.6 Å². The van der Waals surface area contributed by atoms with Crippen molar-refractivity contribution in [3.8, 4) is 28.7 Å². The highest BCUT2D eigenvalue weighted by Crippen LogP contribution is 2.36. The van der Waals surface area contributed by atoms with Gasteiger partial charge < -0.3 is 19.0 Å². The minimum atomic E-state index is -1.03. The molecule has 2 heterocycles. The van der Waals surface area contributed by atoms with E-state index in [1.54, 1.807) is 48.5 Å². The van der Waals surface area contributed by atoms with Gasteiger partial charge in [0.05, 0.1) is 17.5 Å². The molecule has 0 amide bonds. The average Bonchev–Trinajstić information content (AvgIpc) is 2.87. The molecule has 0 saturated heterocycles. The van der Waals surface area contributed by atoms with Gasteiger partial charge in [-0.25, -0.2) is 4.79 Å². The molecular formula is C25H16N2O8. The molecule has 0 radical (unpaired) electrons. The van der Waals surface area contributed by atoms with E-state index in [0.717, 1.165) is 0 Å². The van der Waals surface area contributed by atoms with E-state index in [2.05, 4.69) is 0 Å². The Morgan fingerprint density at radius 2 is 1.66 bits per heavy atom. The lowest BCUT2D eigenvalue weighted by molar-refractivity contribution is -0.384. The molecule has 0 bridgehead atoms. The van der Waals surface area contributed by atoms with Crippen LogP contribution in [0.4, 0.5) is 5.69 Å². The Kier molecular flexibility index (Phi) is 5.17. The second kappa shape index (κ2) is 8.34. The normalized spacial score (nSPS) is 11.0. The average molecular weight is 472 g/mol. The van der Waals surface area contributed by atoms with Gasteiger partial charge >= 0.3 is 5.63 Å². The van der Waals surface area contributed by atoms with E-state index >= 15 is 0 Å². The van der Waals surface area contributed by atoms with E-state index in [4.69, 9.17) is 13.9 Å². The summed E-state index contributed by atoms with van der Waals surface area (Å²) in [6.45, 7) is 0. The van der Waals surface area contributed by atoms with Crippen LogP contribution in [0, 0.1) is 10.1 Å². The second-order valence-corrected chi connectivity index (χ2v) is 7.48. The third kappa shape index (κ3) is 3.62. The van der Waals surface area contributed by atoms with Gasteiger partial charge in [-0.05, 0) is 36.4 Å². The largest absolute Gasteiger partial charge is 0.503 e. The summed E-state index contributed by atoms with van der Waals surface area (Å²) in [5, 5.41) is 22.0. The maximum Gasteiger partial charge on any atom is 0.383 e. The van der Waals surface area contributed by atoms with Crippen LogP contribution in [0.1, 0.15) is 0 Å². The number of nitro benzene ring substituents is 1. The Labute approximate surface area is 196 Å². The highest BCUT2D eigenvalue weighted by Gasteiger charge is 2.24. The number of methoxy groups -OCH3 is 1. The summed E-state index contributed by atoms with van der Waals surface area (Å²) < 4.78 is 17.6. The van der Waals surface area contributed by atoms with Gasteiger partial charge in [-0.2, -0.15) is 0 Å². The Hall–Kier alpha value is -5.12. The minimum absolute atomic E-state index is 0.0338. The first-order valence-electron chi connectivity index (χ1n) is 10.3. The van der Waals surface area contributed by atoms with Gasteiger partial charge in [0, 0.05) is 29.3 Å². The van der Waals surface area contributed by atoms with E-state index in [1.165, 1.54) is 35.9 Å². The molecule has 0 spiro atoms. The van der Waals surface area contributed by atoms with Crippen molar-refractivity contribution in [2.75, 3.05) is 7.11 Å². The summed E-state index contributed by atoms with van der Waals surface area (Å²) >= 11 is 0. The maximum absolute atomic E-state index is 13.7. The van der Waals surface area contributed by atoms with Crippen LogP contribution in [0.15, 0.2) is 86.8 Å². The number of benzene rings is 3. The van der Waals surface area contributed by atoms with Crippen molar-refractivity contribution in [3.63, 3.8) is 0 Å². The number of nitrogens with zero attached hydrogens (tertiary/aromatic N) is 2. The van der Waals surface area contributed by atoms with E-state index in [1.807, 2.05) is 0 Å². The predicted molar refractivity (Wildman–Crippen MR) is 127 cm³/mol. The molecule has 35 heavy (non-hydrogen) atoms. The minimum Gasteiger partial charge on any atom is -0.503 e. The van der Waals surface area contributed by atoms with Gasteiger partial charge in [-0.3, -0.25) is 19.5 Å². The quantitative estimate of drug-likeness (QED) is 0.224. The fourth-order valence-electron chi connectivity index (χ4n) is 3.81. The maximum atomic E-state index is 13.7. The zero-order valence-corrected chi connectivity index (χ0v) is 18.1. The summed E-state index contributed by atoms with van der Waals surface area (Å²) in [4.78, 5) is 36.7. The highest BCUT2D eigenvalue weighted by atomic mass is 16.6. The fraction of sp³-hybridized carbons (Fsp3) is 0.0400. The number of aromatic hydroxyl groups is 1. The molecule has 10 heteroatoms. The van der Waals surface area contributed by atoms with E-state index in [0.29, 0.717) is 22.3 Å². The van der Waals surface area contributed by atoms with E-state index in [-0.39, 0.29) is 22.4 Å². The molecule has 10 nitrogen and oxygen atoms in total. The number of para-hydroxylation sites is 1. The summed E-state index contributed by atoms with van der Waals surface area (Å²) in [6.07, 6.45) is 0. The molecular weight excluding hydrogens is 456 g/mol. The highest BCUT2D eigenvalue weighted by molar-refractivity contribution is 6.05. The van der Waals surface area contributed by atoms with Crippen LogP contribution >= 0.6 is 0 Å². The van der Waals surface area contributed by atoms with Gasteiger partial charge in [0.15, 0.2) is 11.3 Å². The van der Waals surface area contributed by atoms with Gasteiger partial charge in [0.1, 0.15) is 16.9 Å². The molecule has 0 unspecified atom stereocenters. The van der Waals surface area contributed by atoms with Crippen LogP contribution in [-0.2, 0) is 0 Å². The summed E-state index contributed by atoms with van der Waals surface area (Å²) in [5.74, 6) is -0.810. The third-order valence-electron chi connectivity index (χ3n) is 5.45.